The van der Waals surface area contributed by atoms with Gasteiger partial charge in [0.15, 0.2) is 4.77 Å². The van der Waals surface area contributed by atoms with E-state index in [2.05, 4.69) is 29.6 Å². The number of hydrogen-bond acceptors (Lipinski definition) is 1. The van der Waals surface area contributed by atoms with Crippen LogP contribution in [0.25, 0.3) is 0 Å². The summed E-state index contributed by atoms with van der Waals surface area (Å²) >= 11 is 5.37. The lowest BCUT2D eigenvalue weighted by Crippen LogP contribution is -2.19. The maximum atomic E-state index is 5.37. The smallest absolute Gasteiger partial charge is 0.177 e. The van der Waals surface area contributed by atoms with Crippen molar-refractivity contribution in [2.24, 2.45) is 5.92 Å². The molecule has 1 saturated carbocycles. The topological polar surface area (TPSA) is 20.7 Å². The first-order valence-electron chi connectivity index (χ1n) is 6.01. The van der Waals surface area contributed by atoms with Gasteiger partial charge in [0.1, 0.15) is 0 Å². The molecule has 1 aliphatic carbocycles. The number of nitrogens with one attached hydrogen (secondary N) is 1. The fraction of sp³-hybridized carbons (Fsp3) is 0.750. The van der Waals surface area contributed by atoms with Crippen LogP contribution < -0.4 is 0 Å². The highest BCUT2D eigenvalue weighted by Crippen LogP contribution is 2.33. The number of hydrogen-bond donors (Lipinski definition) is 1. The number of aromatic nitrogens is 2. The van der Waals surface area contributed by atoms with Gasteiger partial charge in [-0.3, -0.25) is 0 Å². The molecule has 0 aromatic carbocycles. The summed E-state index contributed by atoms with van der Waals surface area (Å²) in [5, 5.41) is 0. The summed E-state index contributed by atoms with van der Waals surface area (Å²) in [6.45, 7) is 4.55. The van der Waals surface area contributed by atoms with E-state index in [1.54, 1.807) is 0 Å². The molecule has 2 unspecified atom stereocenters. The van der Waals surface area contributed by atoms with E-state index >= 15 is 0 Å². The standard InChI is InChI=1S/C12H20N2S/c1-3-10-8-13-12(15)14(10)11-6-4-5-9(2)7-11/h8-9,11H,3-7H2,1-2H3,(H,13,15). The van der Waals surface area contributed by atoms with Crippen LogP contribution in [0.5, 0.6) is 0 Å². The lowest BCUT2D eigenvalue weighted by molar-refractivity contribution is 0.277. The second kappa shape index (κ2) is 4.52. The minimum atomic E-state index is 0.641. The Hall–Kier alpha value is -0.570. The molecule has 0 aliphatic heterocycles. The first kappa shape index (κ1) is 10.9. The minimum absolute atomic E-state index is 0.641. The Labute approximate surface area is 96.7 Å². The van der Waals surface area contributed by atoms with E-state index in [9.17, 15) is 0 Å². The summed E-state index contributed by atoms with van der Waals surface area (Å²) in [6.07, 6.45) is 8.46. The van der Waals surface area contributed by atoms with Crippen molar-refractivity contribution in [1.29, 1.82) is 0 Å². The summed E-state index contributed by atoms with van der Waals surface area (Å²) in [5.41, 5.74) is 1.36. The van der Waals surface area contributed by atoms with Gasteiger partial charge in [-0.1, -0.05) is 26.7 Å². The van der Waals surface area contributed by atoms with Crippen LogP contribution in [0.15, 0.2) is 6.20 Å². The van der Waals surface area contributed by atoms with Crippen molar-refractivity contribution in [3.05, 3.63) is 16.7 Å². The average molecular weight is 224 g/mol. The molecule has 1 fully saturated rings. The number of aromatic amines is 1. The zero-order chi connectivity index (χ0) is 10.8. The third-order valence-corrected chi connectivity index (χ3v) is 3.84. The maximum Gasteiger partial charge on any atom is 0.177 e. The fourth-order valence-electron chi connectivity index (χ4n) is 2.72. The van der Waals surface area contributed by atoms with Crippen LogP contribution in [0.1, 0.15) is 51.3 Å². The molecule has 2 rings (SSSR count). The average Bonchev–Trinajstić information content (AvgIpc) is 2.59. The molecule has 0 bridgehead atoms. The van der Waals surface area contributed by atoms with E-state index in [0.29, 0.717) is 6.04 Å². The normalized spacial score (nSPS) is 26.8. The largest absolute Gasteiger partial charge is 0.337 e. The molecule has 84 valence electrons. The van der Waals surface area contributed by atoms with Crippen LogP contribution >= 0.6 is 12.2 Å². The molecule has 0 amide bonds. The predicted octanol–water partition coefficient (Wildman–Crippen LogP) is 3.86. The van der Waals surface area contributed by atoms with Gasteiger partial charge in [0.25, 0.3) is 0 Å². The van der Waals surface area contributed by atoms with Gasteiger partial charge in [-0.2, -0.15) is 0 Å². The van der Waals surface area contributed by atoms with Crippen molar-refractivity contribution < 1.29 is 0 Å². The van der Waals surface area contributed by atoms with Crippen LogP contribution in [0.3, 0.4) is 0 Å². The zero-order valence-electron chi connectivity index (χ0n) is 9.62. The van der Waals surface area contributed by atoms with Gasteiger partial charge < -0.3 is 9.55 Å². The van der Waals surface area contributed by atoms with Crippen molar-refractivity contribution >= 4 is 12.2 Å². The van der Waals surface area contributed by atoms with Crippen LogP contribution in [-0.2, 0) is 6.42 Å². The number of rotatable bonds is 2. The molecule has 1 aromatic heterocycles. The molecule has 0 saturated heterocycles. The van der Waals surface area contributed by atoms with Crippen molar-refractivity contribution in [3.8, 4) is 0 Å². The molecule has 0 spiro atoms. The molecule has 2 nitrogen and oxygen atoms in total. The van der Waals surface area contributed by atoms with Gasteiger partial charge in [-0.25, -0.2) is 0 Å². The van der Waals surface area contributed by atoms with E-state index in [1.807, 2.05) is 0 Å². The van der Waals surface area contributed by atoms with Gasteiger partial charge in [0.2, 0.25) is 0 Å². The van der Waals surface area contributed by atoms with Crippen molar-refractivity contribution in [2.75, 3.05) is 0 Å². The van der Waals surface area contributed by atoms with Gasteiger partial charge >= 0.3 is 0 Å². The van der Waals surface area contributed by atoms with Gasteiger partial charge in [-0.15, -0.1) is 0 Å². The Morgan fingerprint density at radius 3 is 3.00 bits per heavy atom. The first-order valence-corrected chi connectivity index (χ1v) is 6.42. The predicted molar refractivity (Wildman–Crippen MR) is 65.7 cm³/mol. The quantitative estimate of drug-likeness (QED) is 0.757. The summed E-state index contributed by atoms with van der Waals surface area (Å²) in [5.74, 6) is 0.852. The highest BCUT2D eigenvalue weighted by Gasteiger charge is 2.22. The second-order valence-electron chi connectivity index (χ2n) is 4.73. The van der Waals surface area contributed by atoms with Crippen molar-refractivity contribution in [3.63, 3.8) is 0 Å². The summed E-state index contributed by atoms with van der Waals surface area (Å²) in [6, 6.07) is 0.641. The summed E-state index contributed by atoms with van der Waals surface area (Å²) < 4.78 is 3.26. The highest BCUT2D eigenvalue weighted by atomic mass is 32.1. The Morgan fingerprint density at radius 2 is 2.33 bits per heavy atom. The molecule has 2 atom stereocenters. The molecular weight excluding hydrogens is 204 g/mol. The number of imidazole rings is 1. The Kier molecular flexibility index (Phi) is 3.29. The fourth-order valence-corrected chi connectivity index (χ4v) is 3.05. The summed E-state index contributed by atoms with van der Waals surface area (Å²) in [7, 11) is 0. The van der Waals surface area contributed by atoms with Crippen LogP contribution in [0.4, 0.5) is 0 Å². The lowest BCUT2D eigenvalue weighted by Gasteiger charge is -2.29. The third-order valence-electron chi connectivity index (χ3n) is 3.53. The van der Waals surface area contributed by atoms with Crippen LogP contribution in [-0.4, -0.2) is 9.55 Å². The molecular formula is C12H20N2S. The molecule has 1 heterocycles. The molecule has 1 aromatic rings. The molecule has 15 heavy (non-hydrogen) atoms. The Balaban J connectivity index is 2.27. The first-order chi connectivity index (χ1) is 7.22. The Morgan fingerprint density at radius 1 is 1.53 bits per heavy atom. The molecule has 0 radical (unpaired) electrons. The van der Waals surface area contributed by atoms with E-state index < -0.39 is 0 Å². The Bertz CT molecular complexity index is 377. The van der Waals surface area contributed by atoms with Gasteiger partial charge in [0, 0.05) is 17.9 Å². The van der Waals surface area contributed by atoms with Gasteiger partial charge in [0.05, 0.1) is 0 Å². The summed E-state index contributed by atoms with van der Waals surface area (Å²) in [4.78, 5) is 3.18. The highest BCUT2D eigenvalue weighted by molar-refractivity contribution is 7.71. The van der Waals surface area contributed by atoms with E-state index in [1.165, 1.54) is 31.4 Å². The van der Waals surface area contributed by atoms with E-state index in [-0.39, 0.29) is 0 Å². The molecule has 1 aliphatic rings. The van der Waals surface area contributed by atoms with Crippen molar-refractivity contribution in [2.45, 2.75) is 52.0 Å². The second-order valence-corrected chi connectivity index (χ2v) is 5.12. The van der Waals surface area contributed by atoms with Crippen molar-refractivity contribution in [1.82, 2.24) is 9.55 Å². The lowest BCUT2D eigenvalue weighted by atomic mass is 9.87. The number of H-pyrrole nitrogens is 1. The van der Waals surface area contributed by atoms with Gasteiger partial charge in [-0.05, 0) is 37.4 Å². The molecule has 3 heteroatoms. The maximum absolute atomic E-state index is 5.37. The SMILES string of the molecule is CCc1c[nH]c(=S)n1C1CCCC(C)C1. The number of aryl methyl sites for hydroxylation is 1. The minimum Gasteiger partial charge on any atom is -0.337 e. The van der Waals surface area contributed by atoms with E-state index in [0.717, 1.165) is 17.1 Å². The van der Waals surface area contributed by atoms with Crippen LogP contribution in [0.2, 0.25) is 0 Å². The number of nitrogens with zero attached hydrogens (tertiary/aromatic N) is 1. The third kappa shape index (κ3) is 2.17. The van der Waals surface area contributed by atoms with Crippen LogP contribution in [0, 0.1) is 10.7 Å². The zero-order valence-corrected chi connectivity index (χ0v) is 10.4. The molecule has 1 N–H and O–H groups in total. The van der Waals surface area contributed by atoms with E-state index in [4.69, 9.17) is 12.2 Å². The monoisotopic (exact) mass is 224 g/mol.